The minimum Gasteiger partial charge on any atom is -0.508 e. The van der Waals surface area contributed by atoms with Crippen molar-refractivity contribution in [3.05, 3.63) is 29.6 Å². The van der Waals surface area contributed by atoms with Crippen LogP contribution in [0, 0.1) is 41.3 Å². The van der Waals surface area contributed by atoms with Crippen LogP contribution >= 0.6 is 0 Å². The second kappa shape index (κ2) is 6.30. The average Bonchev–Trinajstić information content (AvgIpc) is 2.38. The van der Waals surface area contributed by atoms with E-state index in [2.05, 4.69) is 30.8 Å². The van der Waals surface area contributed by atoms with Crippen LogP contribution < -0.4 is 0 Å². The molecule has 1 saturated carbocycles. The summed E-state index contributed by atoms with van der Waals surface area (Å²) in [5.41, 5.74) is 0.885. The van der Waals surface area contributed by atoms with Gasteiger partial charge in [0.25, 0.3) is 0 Å². The molecule has 118 valence electrons. The van der Waals surface area contributed by atoms with E-state index in [4.69, 9.17) is 0 Å². The van der Waals surface area contributed by atoms with Gasteiger partial charge in [0.05, 0.1) is 0 Å². The van der Waals surface area contributed by atoms with Gasteiger partial charge in [-0.3, -0.25) is 0 Å². The second-order valence-corrected chi connectivity index (χ2v) is 7.04. The fourth-order valence-electron chi connectivity index (χ4n) is 4.08. The Hall–Kier alpha value is -1.53. The fraction of sp³-hybridized carbons (Fsp3) is 0.579. The van der Waals surface area contributed by atoms with Gasteiger partial charge in [0.15, 0.2) is 0 Å². The minimum atomic E-state index is -0.357. The number of halogens is 1. The molecule has 0 bridgehead atoms. The molecule has 4 atom stereocenters. The van der Waals surface area contributed by atoms with Crippen molar-refractivity contribution in [1.29, 1.82) is 0 Å². The molecule has 0 radical (unpaired) electrons. The maximum Gasteiger partial charge on any atom is 0.127 e. The largest absolute Gasteiger partial charge is 0.508 e. The monoisotopic (exact) mass is 301 g/mol. The van der Waals surface area contributed by atoms with Gasteiger partial charge in [-0.25, -0.2) is 4.39 Å². The summed E-state index contributed by atoms with van der Waals surface area (Å²) in [6.07, 6.45) is 4.31. The van der Waals surface area contributed by atoms with Crippen molar-refractivity contribution in [3.8, 4) is 17.6 Å². The molecule has 3 rings (SSSR count). The number of aryl methyl sites for hydroxylation is 1. The SMILES string of the molecule is CN(C)C[C@H]1CC[C@@H]2C#C[C@@H]2[C@H]1CCc1cc(O)cc(F)c1. The molecule has 0 heterocycles. The first-order valence-electron chi connectivity index (χ1n) is 8.17. The first-order chi connectivity index (χ1) is 10.5. The van der Waals surface area contributed by atoms with Gasteiger partial charge in [0, 0.05) is 24.4 Å². The second-order valence-electron chi connectivity index (χ2n) is 7.04. The number of hydrogen-bond donors (Lipinski definition) is 1. The maximum absolute atomic E-state index is 13.4. The lowest BCUT2D eigenvalue weighted by Gasteiger charge is -2.43. The standard InChI is InChI=1S/C19H24FNO/c1-21(2)12-15-5-4-14-6-8-18(14)19(15)7-3-13-9-16(20)11-17(22)10-13/h9-11,14-15,18-19,22H,3-5,7,12H2,1-2H3/t14-,15-,18+,19+/m1/s1. The van der Waals surface area contributed by atoms with E-state index in [1.165, 1.54) is 18.9 Å². The summed E-state index contributed by atoms with van der Waals surface area (Å²) in [4.78, 5) is 2.26. The van der Waals surface area contributed by atoms with Crippen LogP contribution in [-0.4, -0.2) is 30.6 Å². The van der Waals surface area contributed by atoms with Crippen LogP contribution in [0.1, 0.15) is 24.8 Å². The van der Waals surface area contributed by atoms with E-state index in [1.54, 1.807) is 6.07 Å². The number of rotatable bonds is 5. The zero-order valence-corrected chi connectivity index (χ0v) is 13.3. The van der Waals surface area contributed by atoms with Gasteiger partial charge in [-0.2, -0.15) is 0 Å². The molecule has 0 spiro atoms. The minimum absolute atomic E-state index is 0.0183. The summed E-state index contributed by atoms with van der Waals surface area (Å²) < 4.78 is 13.4. The zero-order chi connectivity index (χ0) is 15.7. The van der Waals surface area contributed by atoms with Crippen LogP contribution in [0.3, 0.4) is 0 Å². The van der Waals surface area contributed by atoms with E-state index in [-0.39, 0.29) is 11.6 Å². The molecular weight excluding hydrogens is 277 g/mol. The molecule has 0 aliphatic heterocycles. The Balaban J connectivity index is 1.69. The van der Waals surface area contributed by atoms with Crippen molar-refractivity contribution in [2.45, 2.75) is 25.7 Å². The molecule has 1 N–H and O–H groups in total. The van der Waals surface area contributed by atoms with Gasteiger partial charge in [0.2, 0.25) is 0 Å². The first-order valence-corrected chi connectivity index (χ1v) is 8.17. The highest BCUT2D eigenvalue weighted by Crippen LogP contribution is 2.44. The van der Waals surface area contributed by atoms with Crippen LogP contribution in [0.5, 0.6) is 5.75 Å². The number of aromatic hydroxyl groups is 1. The quantitative estimate of drug-likeness (QED) is 0.844. The van der Waals surface area contributed by atoms with Crippen molar-refractivity contribution in [2.24, 2.45) is 23.7 Å². The Kier molecular flexibility index (Phi) is 4.40. The van der Waals surface area contributed by atoms with Crippen LogP contribution in [0.4, 0.5) is 4.39 Å². The Morgan fingerprint density at radius 1 is 1.23 bits per heavy atom. The summed E-state index contributed by atoms with van der Waals surface area (Å²) in [7, 11) is 4.25. The molecule has 0 saturated heterocycles. The molecular formula is C19H24FNO. The number of phenolic OH excluding ortho intramolecular Hbond substituents is 1. The van der Waals surface area contributed by atoms with Crippen molar-refractivity contribution in [2.75, 3.05) is 20.6 Å². The fourth-order valence-corrected chi connectivity index (χ4v) is 4.08. The van der Waals surface area contributed by atoms with Gasteiger partial charge >= 0.3 is 0 Å². The predicted molar refractivity (Wildman–Crippen MR) is 85.9 cm³/mol. The summed E-state index contributed by atoms with van der Waals surface area (Å²) in [6.45, 7) is 1.10. The van der Waals surface area contributed by atoms with E-state index in [9.17, 15) is 9.50 Å². The maximum atomic E-state index is 13.4. The number of nitrogens with zero attached hydrogens (tertiary/aromatic N) is 1. The molecule has 3 heteroatoms. The third kappa shape index (κ3) is 3.28. The lowest BCUT2D eigenvalue weighted by molar-refractivity contribution is 0.111. The number of phenols is 1. The number of benzene rings is 1. The highest BCUT2D eigenvalue weighted by Gasteiger charge is 2.40. The van der Waals surface area contributed by atoms with E-state index in [1.807, 2.05) is 0 Å². The third-order valence-corrected chi connectivity index (χ3v) is 5.09. The van der Waals surface area contributed by atoms with Gasteiger partial charge in [-0.15, -0.1) is 0 Å². The van der Waals surface area contributed by atoms with Crippen molar-refractivity contribution in [3.63, 3.8) is 0 Å². The summed E-state index contributed by atoms with van der Waals surface area (Å²) in [6, 6.07) is 4.37. The van der Waals surface area contributed by atoms with E-state index in [0.717, 1.165) is 31.0 Å². The summed E-state index contributed by atoms with van der Waals surface area (Å²) in [5, 5.41) is 9.54. The van der Waals surface area contributed by atoms with Crippen molar-refractivity contribution < 1.29 is 9.50 Å². The van der Waals surface area contributed by atoms with Crippen molar-refractivity contribution >= 4 is 0 Å². The van der Waals surface area contributed by atoms with Gasteiger partial charge < -0.3 is 10.0 Å². The molecule has 2 aliphatic carbocycles. The first kappa shape index (κ1) is 15.4. The molecule has 2 nitrogen and oxygen atoms in total. The van der Waals surface area contributed by atoms with Gasteiger partial charge in [-0.05, 0) is 69.3 Å². The van der Waals surface area contributed by atoms with Gasteiger partial charge in [-0.1, -0.05) is 11.8 Å². The molecule has 2 aliphatic rings. The zero-order valence-electron chi connectivity index (χ0n) is 13.3. The molecule has 1 aromatic rings. The molecule has 0 amide bonds. The molecule has 0 unspecified atom stereocenters. The number of hydrogen-bond acceptors (Lipinski definition) is 2. The highest BCUT2D eigenvalue weighted by atomic mass is 19.1. The van der Waals surface area contributed by atoms with Crippen LogP contribution in [-0.2, 0) is 6.42 Å². The lowest BCUT2D eigenvalue weighted by Crippen LogP contribution is -2.41. The highest BCUT2D eigenvalue weighted by molar-refractivity contribution is 5.29. The average molecular weight is 301 g/mol. The summed E-state index contributed by atoms with van der Waals surface area (Å²) in [5.74, 6) is 8.71. The predicted octanol–water partition coefficient (Wildman–Crippen LogP) is 3.30. The molecule has 1 aromatic carbocycles. The molecule has 0 aromatic heterocycles. The Labute approximate surface area is 132 Å². The Morgan fingerprint density at radius 3 is 2.68 bits per heavy atom. The normalized spacial score (nSPS) is 29.5. The van der Waals surface area contributed by atoms with Crippen molar-refractivity contribution in [1.82, 2.24) is 4.90 Å². The van der Waals surface area contributed by atoms with Crippen LogP contribution in [0.25, 0.3) is 0 Å². The van der Waals surface area contributed by atoms with Crippen LogP contribution in [0.15, 0.2) is 18.2 Å². The Bertz CT molecular complexity index is 581. The van der Waals surface area contributed by atoms with Gasteiger partial charge in [0.1, 0.15) is 11.6 Å². The van der Waals surface area contributed by atoms with E-state index >= 15 is 0 Å². The lowest BCUT2D eigenvalue weighted by atomic mass is 9.61. The number of fused-ring (bicyclic) bond motifs is 1. The van der Waals surface area contributed by atoms with E-state index < -0.39 is 0 Å². The summed E-state index contributed by atoms with van der Waals surface area (Å²) >= 11 is 0. The smallest absolute Gasteiger partial charge is 0.127 e. The Morgan fingerprint density at radius 2 is 2.05 bits per heavy atom. The topological polar surface area (TPSA) is 23.5 Å². The molecule has 1 fully saturated rings. The third-order valence-electron chi connectivity index (χ3n) is 5.09. The molecule has 22 heavy (non-hydrogen) atoms. The van der Waals surface area contributed by atoms with E-state index in [0.29, 0.717) is 23.7 Å². The van der Waals surface area contributed by atoms with Crippen LogP contribution in [0.2, 0.25) is 0 Å².